The first kappa shape index (κ1) is 18.7. The molecule has 0 radical (unpaired) electrons. The van der Waals surface area contributed by atoms with E-state index in [1.165, 1.54) is 12.1 Å². The van der Waals surface area contributed by atoms with Crippen LogP contribution in [-0.2, 0) is 11.3 Å². The Balaban J connectivity index is 1.69. The van der Waals surface area contributed by atoms with E-state index in [-0.39, 0.29) is 34.8 Å². The van der Waals surface area contributed by atoms with Gasteiger partial charge in [-0.05, 0) is 53.1 Å². The fourth-order valence-electron chi connectivity index (χ4n) is 4.25. The Bertz CT molecular complexity index is 1300. The van der Waals surface area contributed by atoms with Gasteiger partial charge in [-0.2, -0.15) is 0 Å². The number of phenols is 1. The molecule has 4 nitrogen and oxygen atoms in total. The maximum atomic E-state index is 13.7. The van der Waals surface area contributed by atoms with Crippen molar-refractivity contribution in [1.29, 1.82) is 0 Å². The summed E-state index contributed by atoms with van der Waals surface area (Å²) in [4.78, 5) is 12.6. The molecule has 0 saturated heterocycles. The molecule has 1 amide bonds. The van der Waals surface area contributed by atoms with Crippen LogP contribution in [0.3, 0.4) is 0 Å². The van der Waals surface area contributed by atoms with E-state index in [4.69, 9.17) is 11.6 Å². The molecular formula is C24H18ClFN2O2. The number of carbonyl (C=O) groups excluding carboxylic acids is 1. The lowest BCUT2D eigenvalue weighted by molar-refractivity contribution is -0.116. The SMILES string of the molecule is O=C1CC(c2ccc(O)c(Cl)c2)c2cn(Cc3cccc(F)c3)c3cccc(c23)N1. The van der Waals surface area contributed by atoms with Crippen LogP contribution in [0.1, 0.15) is 29.0 Å². The molecule has 1 aromatic heterocycles. The van der Waals surface area contributed by atoms with E-state index >= 15 is 0 Å². The number of aromatic hydroxyl groups is 1. The maximum absolute atomic E-state index is 13.7. The van der Waals surface area contributed by atoms with Gasteiger partial charge >= 0.3 is 0 Å². The number of aromatic nitrogens is 1. The van der Waals surface area contributed by atoms with Gasteiger partial charge < -0.3 is 15.0 Å². The molecule has 6 heteroatoms. The van der Waals surface area contributed by atoms with Gasteiger partial charge in [0.25, 0.3) is 0 Å². The predicted molar refractivity (Wildman–Crippen MR) is 116 cm³/mol. The van der Waals surface area contributed by atoms with Crippen molar-refractivity contribution in [3.8, 4) is 5.75 Å². The van der Waals surface area contributed by atoms with Gasteiger partial charge in [0.05, 0.1) is 16.2 Å². The highest BCUT2D eigenvalue weighted by molar-refractivity contribution is 6.32. The second-order valence-corrected chi connectivity index (χ2v) is 7.96. The Kier molecular flexibility index (Phi) is 4.48. The highest BCUT2D eigenvalue weighted by atomic mass is 35.5. The van der Waals surface area contributed by atoms with Crippen LogP contribution in [0.4, 0.5) is 10.1 Å². The first-order valence-corrected chi connectivity index (χ1v) is 10.0. The van der Waals surface area contributed by atoms with Crippen LogP contribution in [0.15, 0.2) is 66.9 Å². The van der Waals surface area contributed by atoms with E-state index < -0.39 is 0 Å². The molecule has 3 aromatic carbocycles. The lowest BCUT2D eigenvalue weighted by atomic mass is 9.88. The number of phenolic OH excluding ortho intramolecular Hbond substituents is 1. The Morgan fingerprint density at radius 2 is 1.97 bits per heavy atom. The summed E-state index contributed by atoms with van der Waals surface area (Å²) in [5.74, 6) is -0.560. The molecule has 0 spiro atoms. The highest BCUT2D eigenvalue weighted by Gasteiger charge is 2.28. The largest absolute Gasteiger partial charge is 0.506 e. The smallest absolute Gasteiger partial charge is 0.225 e. The van der Waals surface area contributed by atoms with Crippen molar-refractivity contribution in [3.63, 3.8) is 0 Å². The summed E-state index contributed by atoms with van der Waals surface area (Å²) in [6.07, 6.45) is 2.29. The van der Waals surface area contributed by atoms with Gasteiger partial charge in [-0.25, -0.2) is 4.39 Å². The van der Waals surface area contributed by atoms with Crippen molar-refractivity contribution in [2.45, 2.75) is 18.9 Å². The highest BCUT2D eigenvalue weighted by Crippen LogP contribution is 2.42. The summed E-state index contributed by atoms with van der Waals surface area (Å²) in [6, 6.07) is 17.4. The molecule has 5 rings (SSSR count). The number of hydrogen-bond donors (Lipinski definition) is 2. The first-order valence-electron chi connectivity index (χ1n) is 9.64. The fraction of sp³-hybridized carbons (Fsp3) is 0.125. The van der Waals surface area contributed by atoms with Crippen LogP contribution in [-0.4, -0.2) is 15.6 Å². The zero-order chi connectivity index (χ0) is 20.8. The number of anilines is 1. The minimum atomic E-state index is -0.269. The minimum Gasteiger partial charge on any atom is -0.506 e. The third-order valence-corrected chi connectivity index (χ3v) is 5.89. The molecule has 0 fully saturated rings. The molecule has 1 unspecified atom stereocenters. The van der Waals surface area contributed by atoms with Gasteiger partial charge in [0.1, 0.15) is 11.6 Å². The molecule has 2 N–H and O–H groups in total. The van der Waals surface area contributed by atoms with E-state index in [1.807, 2.05) is 30.5 Å². The molecule has 0 aliphatic carbocycles. The van der Waals surface area contributed by atoms with Crippen molar-refractivity contribution < 1.29 is 14.3 Å². The van der Waals surface area contributed by atoms with Crippen molar-refractivity contribution in [1.82, 2.24) is 4.57 Å². The van der Waals surface area contributed by atoms with Crippen molar-refractivity contribution >= 4 is 34.1 Å². The van der Waals surface area contributed by atoms with Crippen molar-refractivity contribution in [3.05, 3.63) is 94.4 Å². The van der Waals surface area contributed by atoms with Gasteiger partial charge in [-0.15, -0.1) is 0 Å². The lowest BCUT2D eigenvalue weighted by Gasteiger charge is -2.15. The third kappa shape index (κ3) is 3.21. The third-order valence-electron chi connectivity index (χ3n) is 5.59. The Hall–Kier alpha value is -3.31. The summed E-state index contributed by atoms with van der Waals surface area (Å²) < 4.78 is 15.8. The second kappa shape index (κ2) is 7.18. The van der Waals surface area contributed by atoms with Crippen LogP contribution < -0.4 is 5.32 Å². The molecule has 4 aromatic rings. The maximum Gasteiger partial charge on any atom is 0.225 e. The number of nitrogens with one attached hydrogen (secondary N) is 1. The summed E-state index contributed by atoms with van der Waals surface area (Å²) in [6.45, 7) is 0.509. The van der Waals surface area contributed by atoms with Gasteiger partial charge in [0.2, 0.25) is 5.91 Å². The Labute approximate surface area is 177 Å². The number of hydrogen-bond acceptors (Lipinski definition) is 2. The molecule has 0 saturated carbocycles. The van der Waals surface area contributed by atoms with Crippen LogP contribution in [0.25, 0.3) is 10.9 Å². The van der Waals surface area contributed by atoms with E-state index in [2.05, 4.69) is 9.88 Å². The Morgan fingerprint density at radius 1 is 1.13 bits per heavy atom. The topological polar surface area (TPSA) is 54.3 Å². The molecule has 1 aliphatic heterocycles. The number of rotatable bonds is 3. The first-order chi connectivity index (χ1) is 14.5. The molecule has 2 heterocycles. The van der Waals surface area contributed by atoms with Gasteiger partial charge in [0.15, 0.2) is 0 Å². The predicted octanol–water partition coefficient (Wildman–Crippen LogP) is 5.66. The van der Waals surface area contributed by atoms with E-state index in [0.29, 0.717) is 6.54 Å². The number of carbonyl (C=O) groups is 1. The van der Waals surface area contributed by atoms with Crippen LogP contribution >= 0.6 is 11.6 Å². The van der Waals surface area contributed by atoms with Crippen LogP contribution in [0.5, 0.6) is 5.75 Å². The summed E-state index contributed by atoms with van der Waals surface area (Å²) >= 11 is 6.15. The second-order valence-electron chi connectivity index (χ2n) is 7.56. The average Bonchev–Trinajstić information content (AvgIpc) is 3.00. The molecule has 30 heavy (non-hydrogen) atoms. The number of amides is 1. The normalized spacial score (nSPS) is 15.8. The van der Waals surface area contributed by atoms with Crippen molar-refractivity contribution in [2.75, 3.05) is 5.32 Å². The zero-order valence-corrected chi connectivity index (χ0v) is 16.7. The van der Waals surface area contributed by atoms with Gasteiger partial charge in [0, 0.05) is 30.5 Å². The molecule has 1 atom stereocenters. The Morgan fingerprint density at radius 3 is 2.77 bits per heavy atom. The molecule has 0 bridgehead atoms. The van der Waals surface area contributed by atoms with Gasteiger partial charge in [-0.1, -0.05) is 35.9 Å². The van der Waals surface area contributed by atoms with E-state index in [1.54, 1.807) is 24.3 Å². The van der Waals surface area contributed by atoms with Gasteiger partial charge in [-0.3, -0.25) is 4.79 Å². The number of benzene rings is 3. The average molecular weight is 421 g/mol. The fourth-order valence-corrected chi connectivity index (χ4v) is 4.44. The number of nitrogens with zero attached hydrogens (tertiary/aromatic N) is 1. The van der Waals surface area contributed by atoms with Crippen LogP contribution in [0.2, 0.25) is 5.02 Å². The van der Waals surface area contributed by atoms with E-state index in [9.17, 15) is 14.3 Å². The number of halogens is 2. The quantitative estimate of drug-likeness (QED) is 0.449. The standard InChI is InChI=1S/C24H18ClFN2O2/c25-19-10-15(7-8-22(19)29)17-11-23(30)27-20-5-2-6-21-24(20)18(17)13-28(21)12-14-3-1-4-16(26)9-14/h1-10,13,17,29H,11-12H2,(H,27,30). The molecule has 1 aliphatic rings. The van der Waals surface area contributed by atoms with Crippen LogP contribution in [0, 0.1) is 5.82 Å². The van der Waals surface area contributed by atoms with E-state index in [0.717, 1.165) is 33.3 Å². The molecule has 150 valence electrons. The summed E-state index contributed by atoms with van der Waals surface area (Å²) in [5.41, 5.74) is 4.43. The minimum absolute atomic E-state index is 0.00714. The summed E-state index contributed by atoms with van der Waals surface area (Å²) in [7, 11) is 0. The van der Waals surface area contributed by atoms with Crippen molar-refractivity contribution in [2.24, 2.45) is 0 Å². The monoisotopic (exact) mass is 420 g/mol. The lowest BCUT2D eigenvalue weighted by Crippen LogP contribution is -2.14. The summed E-state index contributed by atoms with van der Waals surface area (Å²) in [5, 5.41) is 14.0. The zero-order valence-electron chi connectivity index (χ0n) is 15.9. The molecular weight excluding hydrogens is 403 g/mol.